The van der Waals surface area contributed by atoms with Gasteiger partial charge < -0.3 is 15.3 Å². The zero-order valence-corrected chi connectivity index (χ0v) is 11.6. The second-order valence-corrected chi connectivity index (χ2v) is 5.22. The van der Waals surface area contributed by atoms with Crippen LogP contribution in [-0.4, -0.2) is 31.3 Å². The van der Waals surface area contributed by atoms with E-state index in [4.69, 9.17) is 11.6 Å². The highest BCUT2D eigenvalue weighted by molar-refractivity contribution is 6.33. The Balaban J connectivity index is 2.20. The van der Waals surface area contributed by atoms with Crippen molar-refractivity contribution in [2.45, 2.75) is 19.9 Å². The molecule has 4 heteroatoms. The SMILES string of the molecule is CCNCc1cccc(Cl)c1N1CCC(CO)C1. The van der Waals surface area contributed by atoms with E-state index in [0.717, 1.165) is 43.3 Å². The molecule has 1 heterocycles. The monoisotopic (exact) mass is 268 g/mol. The topological polar surface area (TPSA) is 35.5 Å². The molecule has 2 rings (SSSR count). The van der Waals surface area contributed by atoms with Crippen molar-refractivity contribution < 1.29 is 5.11 Å². The van der Waals surface area contributed by atoms with Crippen LogP contribution in [0.5, 0.6) is 0 Å². The molecule has 1 atom stereocenters. The van der Waals surface area contributed by atoms with Crippen molar-refractivity contribution in [3.63, 3.8) is 0 Å². The summed E-state index contributed by atoms with van der Waals surface area (Å²) in [4.78, 5) is 2.30. The van der Waals surface area contributed by atoms with Gasteiger partial charge in [-0.2, -0.15) is 0 Å². The Labute approximate surface area is 114 Å². The molecule has 0 saturated carbocycles. The van der Waals surface area contributed by atoms with Gasteiger partial charge in [0.15, 0.2) is 0 Å². The van der Waals surface area contributed by atoms with Crippen molar-refractivity contribution in [1.82, 2.24) is 5.32 Å². The second-order valence-electron chi connectivity index (χ2n) is 4.81. The molecule has 2 N–H and O–H groups in total. The number of hydrogen-bond donors (Lipinski definition) is 2. The maximum absolute atomic E-state index is 9.24. The van der Waals surface area contributed by atoms with Gasteiger partial charge >= 0.3 is 0 Å². The zero-order chi connectivity index (χ0) is 13.0. The molecule has 0 amide bonds. The first-order valence-corrected chi connectivity index (χ1v) is 6.98. The number of rotatable bonds is 5. The van der Waals surface area contributed by atoms with Crippen molar-refractivity contribution in [3.8, 4) is 0 Å². The summed E-state index contributed by atoms with van der Waals surface area (Å²) in [6.45, 7) is 6.04. The molecule has 1 aliphatic heterocycles. The minimum atomic E-state index is 0.267. The van der Waals surface area contributed by atoms with Crippen LogP contribution in [0.4, 0.5) is 5.69 Å². The fraction of sp³-hybridized carbons (Fsp3) is 0.571. The molecular formula is C14H21ClN2O. The lowest BCUT2D eigenvalue weighted by Crippen LogP contribution is -2.24. The summed E-state index contributed by atoms with van der Waals surface area (Å²) in [7, 11) is 0. The molecule has 100 valence electrons. The number of aliphatic hydroxyl groups is 1. The van der Waals surface area contributed by atoms with Crippen molar-refractivity contribution in [2.24, 2.45) is 5.92 Å². The molecule has 1 unspecified atom stereocenters. The van der Waals surface area contributed by atoms with Gasteiger partial charge in [-0.1, -0.05) is 30.7 Å². The predicted molar refractivity (Wildman–Crippen MR) is 76.2 cm³/mol. The number of hydrogen-bond acceptors (Lipinski definition) is 3. The molecule has 0 spiro atoms. The first kappa shape index (κ1) is 13.7. The fourth-order valence-corrected chi connectivity index (χ4v) is 2.81. The van der Waals surface area contributed by atoms with Crippen LogP contribution in [-0.2, 0) is 6.54 Å². The van der Waals surface area contributed by atoms with E-state index in [1.54, 1.807) is 0 Å². The van der Waals surface area contributed by atoms with E-state index in [1.807, 2.05) is 12.1 Å². The molecule has 0 aliphatic carbocycles. The molecule has 1 fully saturated rings. The quantitative estimate of drug-likeness (QED) is 0.860. The van der Waals surface area contributed by atoms with Gasteiger partial charge in [-0.05, 0) is 24.6 Å². The third kappa shape index (κ3) is 2.97. The zero-order valence-electron chi connectivity index (χ0n) is 10.8. The third-order valence-corrected chi connectivity index (χ3v) is 3.80. The van der Waals surface area contributed by atoms with E-state index in [1.165, 1.54) is 5.56 Å². The number of nitrogens with one attached hydrogen (secondary N) is 1. The molecule has 3 nitrogen and oxygen atoms in total. The van der Waals surface area contributed by atoms with E-state index >= 15 is 0 Å². The van der Waals surface area contributed by atoms with Crippen LogP contribution in [0.25, 0.3) is 0 Å². The number of nitrogens with zero attached hydrogens (tertiary/aromatic N) is 1. The lowest BCUT2D eigenvalue weighted by molar-refractivity contribution is 0.238. The minimum absolute atomic E-state index is 0.267. The van der Waals surface area contributed by atoms with E-state index in [2.05, 4.69) is 23.2 Å². The van der Waals surface area contributed by atoms with Crippen molar-refractivity contribution in [3.05, 3.63) is 28.8 Å². The highest BCUT2D eigenvalue weighted by atomic mass is 35.5. The number of aliphatic hydroxyl groups excluding tert-OH is 1. The third-order valence-electron chi connectivity index (χ3n) is 3.50. The van der Waals surface area contributed by atoms with Crippen LogP contribution in [0.1, 0.15) is 18.9 Å². The van der Waals surface area contributed by atoms with Crippen LogP contribution in [0.15, 0.2) is 18.2 Å². The molecule has 0 radical (unpaired) electrons. The minimum Gasteiger partial charge on any atom is -0.396 e. The Morgan fingerprint density at radius 3 is 3.00 bits per heavy atom. The number of benzene rings is 1. The Morgan fingerprint density at radius 2 is 2.33 bits per heavy atom. The Morgan fingerprint density at radius 1 is 1.50 bits per heavy atom. The second kappa shape index (κ2) is 6.41. The summed E-state index contributed by atoms with van der Waals surface area (Å²) in [5, 5.41) is 13.4. The molecule has 1 aliphatic rings. The largest absolute Gasteiger partial charge is 0.396 e. The van der Waals surface area contributed by atoms with E-state index in [-0.39, 0.29) is 6.61 Å². The summed E-state index contributed by atoms with van der Waals surface area (Å²) < 4.78 is 0. The van der Waals surface area contributed by atoms with E-state index < -0.39 is 0 Å². The van der Waals surface area contributed by atoms with Crippen LogP contribution >= 0.6 is 11.6 Å². The normalized spacial score (nSPS) is 19.5. The molecule has 0 bridgehead atoms. The van der Waals surface area contributed by atoms with Gasteiger partial charge in [0.05, 0.1) is 10.7 Å². The maximum Gasteiger partial charge on any atom is 0.0642 e. The average molecular weight is 269 g/mol. The first-order valence-electron chi connectivity index (χ1n) is 6.60. The standard InChI is InChI=1S/C14H21ClN2O/c1-2-16-8-12-4-3-5-13(15)14(12)17-7-6-11(9-17)10-18/h3-5,11,16,18H,2,6-10H2,1H3. The Kier molecular flexibility index (Phi) is 4.87. The van der Waals surface area contributed by atoms with Gasteiger partial charge in [-0.3, -0.25) is 0 Å². The summed E-state index contributed by atoms with van der Waals surface area (Å²) in [6.07, 6.45) is 1.04. The van der Waals surface area contributed by atoms with E-state index in [9.17, 15) is 5.11 Å². The Bertz CT molecular complexity index is 397. The average Bonchev–Trinajstić information content (AvgIpc) is 2.84. The lowest BCUT2D eigenvalue weighted by atomic mass is 10.1. The van der Waals surface area contributed by atoms with Gasteiger partial charge in [0.1, 0.15) is 0 Å². The van der Waals surface area contributed by atoms with Crippen molar-refractivity contribution in [1.29, 1.82) is 0 Å². The molecular weight excluding hydrogens is 248 g/mol. The van der Waals surface area contributed by atoms with Crippen LogP contribution < -0.4 is 10.2 Å². The highest BCUT2D eigenvalue weighted by Gasteiger charge is 2.24. The van der Waals surface area contributed by atoms with Crippen LogP contribution in [0, 0.1) is 5.92 Å². The number of para-hydroxylation sites is 1. The lowest BCUT2D eigenvalue weighted by Gasteiger charge is -2.23. The molecule has 1 aromatic carbocycles. The maximum atomic E-state index is 9.24. The summed E-state index contributed by atoms with van der Waals surface area (Å²) in [5.41, 5.74) is 2.37. The summed E-state index contributed by atoms with van der Waals surface area (Å²) in [6, 6.07) is 6.06. The van der Waals surface area contributed by atoms with Crippen molar-refractivity contribution in [2.75, 3.05) is 31.1 Å². The molecule has 0 aromatic heterocycles. The van der Waals surface area contributed by atoms with Gasteiger partial charge in [-0.15, -0.1) is 0 Å². The van der Waals surface area contributed by atoms with Gasteiger partial charge in [-0.25, -0.2) is 0 Å². The van der Waals surface area contributed by atoms with Crippen LogP contribution in [0.2, 0.25) is 5.02 Å². The van der Waals surface area contributed by atoms with E-state index in [0.29, 0.717) is 5.92 Å². The highest BCUT2D eigenvalue weighted by Crippen LogP contribution is 2.33. The Hall–Kier alpha value is -0.770. The van der Waals surface area contributed by atoms with Gasteiger partial charge in [0.25, 0.3) is 0 Å². The summed E-state index contributed by atoms with van der Waals surface area (Å²) >= 11 is 6.35. The van der Waals surface area contributed by atoms with Crippen molar-refractivity contribution >= 4 is 17.3 Å². The summed E-state index contributed by atoms with van der Waals surface area (Å²) in [5.74, 6) is 0.383. The number of anilines is 1. The van der Waals surface area contributed by atoms with Gasteiger partial charge in [0, 0.05) is 32.2 Å². The van der Waals surface area contributed by atoms with Crippen LogP contribution in [0.3, 0.4) is 0 Å². The first-order chi connectivity index (χ1) is 8.76. The fourth-order valence-electron chi connectivity index (χ4n) is 2.50. The molecule has 18 heavy (non-hydrogen) atoms. The predicted octanol–water partition coefficient (Wildman–Crippen LogP) is 2.27. The number of halogens is 1. The molecule has 1 saturated heterocycles. The smallest absolute Gasteiger partial charge is 0.0642 e. The molecule has 1 aromatic rings. The van der Waals surface area contributed by atoms with Gasteiger partial charge in [0.2, 0.25) is 0 Å².